The van der Waals surface area contributed by atoms with E-state index in [1.54, 1.807) is 19.2 Å². The number of nitrogens with one attached hydrogen (secondary N) is 1. The van der Waals surface area contributed by atoms with E-state index < -0.39 is 0 Å². The number of anilines is 1. The van der Waals surface area contributed by atoms with Crippen LogP contribution in [0.5, 0.6) is 0 Å². The van der Waals surface area contributed by atoms with Crippen LogP contribution >= 0.6 is 0 Å². The van der Waals surface area contributed by atoms with Gasteiger partial charge >= 0.3 is 5.69 Å². The van der Waals surface area contributed by atoms with Gasteiger partial charge in [0.05, 0.1) is 18.1 Å². The van der Waals surface area contributed by atoms with Crippen LogP contribution in [0, 0.1) is 29.6 Å². The van der Waals surface area contributed by atoms with Gasteiger partial charge in [-0.25, -0.2) is 9.78 Å². The molecule has 1 unspecified atom stereocenters. The Balaban J connectivity index is 1.72. The van der Waals surface area contributed by atoms with Gasteiger partial charge in [0.2, 0.25) is 0 Å². The van der Waals surface area contributed by atoms with Gasteiger partial charge in [-0.3, -0.25) is 9.47 Å². The van der Waals surface area contributed by atoms with Crippen molar-refractivity contribution in [1.29, 1.82) is 10.5 Å². The molecule has 1 aliphatic heterocycles. The van der Waals surface area contributed by atoms with Crippen LogP contribution in [0.25, 0.3) is 11.0 Å². The number of nitriles is 2. The standard InChI is InChI=1S/C27H32N8O/c1-5-22-17-34(26-25-23(33(4)27(36)32-26)11-10-21(14-29)31-25)19(3)16-35(22)24(15-30-13-12-28)20-8-6-18(2)7-9-20/h6-11,19,22,24,30H,5,13,15-17H2,1-4H3/t19-,22+,24?/m0/s1. The monoisotopic (exact) mass is 484 g/mol. The number of rotatable bonds is 7. The molecule has 3 heterocycles. The molecular formula is C27H32N8O. The smallest absolute Gasteiger partial charge is 0.349 e. The molecule has 0 bridgehead atoms. The van der Waals surface area contributed by atoms with Gasteiger partial charge < -0.3 is 10.2 Å². The summed E-state index contributed by atoms with van der Waals surface area (Å²) in [5.74, 6) is 0.533. The molecule has 3 atom stereocenters. The quantitative estimate of drug-likeness (QED) is 0.402. The predicted octanol–water partition coefficient (Wildman–Crippen LogP) is 2.65. The third-order valence-electron chi connectivity index (χ3n) is 7.08. The van der Waals surface area contributed by atoms with Crippen molar-refractivity contribution < 1.29 is 0 Å². The topological polar surface area (TPSA) is 114 Å². The normalized spacial score (nSPS) is 19.1. The molecule has 0 radical (unpaired) electrons. The summed E-state index contributed by atoms with van der Waals surface area (Å²) >= 11 is 0. The number of aromatic nitrogens is 3. The summed E-state index contributed by atoms with van der Waals surface area (Å²) in [6, 6.07) is 16.6. The zero-order valence-electron chi connectivity index (χ0n) is 21.3. The van der Waals surface area contributed by atoms with E-state index in [9.17, 15) is 10.1 Å². The summed E-state index contributed by atoms with van der Waals surface area (Å²) in [5, 5.41) is 21.8. The lowest BCUT2D eigenvalue weighted by Crippen LogP contribution is -2.59. The highest BCUT2D eigenvalue weighted by molar-refractivity contribution is 5.86. The fourth-order valence-corrected chi connectivity index (χ4v) is 5.06. The number of benzene rings is 1. The largest absolute Gasteiger partial charge is 0.349 e. The van der Waals surface area contributed by atoms with Crippen molar-refractivity contribution in [3.05, 3.63) is 63.7 Å². The number of aryl methyl sites for hydroxylation is 2. The second-order valence-electron chi connectivity index (χ2n) is 9.43. The van der Waals surface area contributed by atoms with Crippen LogP contribution in [0.1, 0.15) is 43.1 Å². The fraction of sp³-hybridized carbons (Fsp3) is 0.444. The van der Waals surface area contributed by atoms with Crippen molar-refractivity contribution in [1.82, 2.24) is 24.8 Å². The Bertz CT molecular complexity index is 1370. The SMILES string of the molecule is CC[C@@H]1CN(c2nc(=O)n(C)c3ccc(C#N)nc23)[C@@H](C)CN1C(CNCC#N)c1ccc(C)cc1. The van der Waals surface area contributed by atoms with Gasteiger partial charge in [0.1, 0.15) is 17.3 Å². The lowest BCUT2D eigenvalue weighted by atomic mass is 9.96. The van der Waals surface area contributed by atoms with Crippen LogP contribution in [0.2, 0.25) is 0 Å². The lowest BCUT2D eigenvalue weighted by molar-refractivity contribution is 0.0960. The molecule has 1 saturated heterocycles. The van der Waals surface area contributed by atoms with Crippen LogP contribution in [0.3, 0.4) is 0 Å². The van der Waals surface area contributed by atoms with Crippen molar-refractivity contribution in [3.63, 3.8) is 0 Å². The Morgan fingerprint density at radius 1 is 1.14 bits per heavy atom. The molecule has 186 valence electrons. The van der Waals surface area contributed by atoms with Gasteiger partial charge in [0, 0.05) is 44.8 Å². The highest BCUT2D eigenvalue weighted by atomic mass is 16.1. The zero-order valence-corrected chi connectivity index (χ0v) is 21.3. The van der Waals surface area contributed by atoms with E-state index in [1.807, 2.05) is 0 Å². The Morgan fingerprint density at radius 2 is 1.89 bits per heavy atom. The first-order valence-corrected chi connectivity index (χ1v) is 12.3. The molecule has 2 aromatic heterocycles. The Morgan fingerprint density at radius 3 is 2.56 bits per heavy atom. The average molecular weight is 485 g/mol. The first kappa shape index (κ1) is 25.3. The van der Waals surface area contributed by atoms with Crippen LogP contribution in [-0.4, -0.2) is 57.7 Å². The molecule has 1 fully saturated rings. The predicted molar refractivity (Wildman–Crippen MR) is 139 cm³/mol. The molecule has 4 rings (SSSR count). The molecular weight excluding hydrogens is 452 g/mol. The molecule has 0 spiro atoms. The highest BCUT2D eigenvalue weighted by Crippen LogP contribution is 2.32. The third kappa shape index (κ3) is 4.94. The van der Waals surface area contributed by atoms with E-state index in [-0.39, 0.29) is 23.8 Å². The highest BCUT2D eigenvalue weighted by Gasteiger charge is 2.37. The second-order valence-corrected chi connectivity index (χ2v) is 9.43. The Hall–Kier alpha value is -3.79. The zero-order chi connectivity index (χ0) is 25.8. The summed E-state index contributed by atoms with van der Waals surface area (Å²) in [6.45, 7) is 8.77. The number of nitrogens with zero attached hydrogens (tertiary/aromatic N) is 7. The Kier molecular flexibility index (Phi) is 7.64. The number of hydrogen-bond acceptors (Lipinski definition) is 8. The molecule has 1 aromatic carbocycles. The molecule has 0 saturated carbocycles. The molecule has 9 heteroatoms. The van der Waals surface area contributed by atoms with E-state index in [4.69, 9.17) is 5.26 Å². The van der Waals surface area contributed by atoms with Crippen LogP contribution in [-0.2, 0) is 7.05 Å². The van der Waals surface area contributed by atoms with Crippen LogP contribution < -0.4 is 15.9 Å². The third-order valence-corrected chi connectivity index (χ3v) is 7.08. The van der Waals surface area contributed by atoms with Crippen molar-refractivity contribution in [3.8, 4) is 12.1 Å². The molecule has 1 N–H and O–H groups in total. The van der Waals surface area contributed by atoms with Gasteiger partial charge in [0.25, 0.3) is 0 Å². The molecule has 0 aliphatic carbocycles. The van der Waals surface area contributed by atoms with Crippen molar-refractivity contribution in [2.45, 2.75) is 45.3 Å². The first-order chi connectivity index (χ1) is 17.4. The summed E-state index contributed by atoms with van der Waals surface area (Å²) in [7, 11) is 1.67. The number of pyridine rings is 1. The average Bonchev–Trinajstić information content (AvgIpc) is 2.89. The Labute approximate surface area is 211 Å². The fourth-order valence-electron chi connectivity index (χ4n) is 5.06. The van der Waals surface area contributed by atoms with Crippen molar-refractivity contribution in [2.75, 3.05) is 31.1 Å². The molecule has 1 aliphatic rings. The van der Waals surface area contributed by atoms with Gasteiger partial charge in [-0.2, -0.15) is 15.5 Å². The second kappa shape index (κ2) is 10.9. The van der Waals surface area contributed by atoms with Crippen LogP contribution in [0.15, 0.2) is 41.2 Å². The van der Waals surface area contributed by atoms with E-state index in [2.05, 4.69) is 82.3 Å². The van der Waals surface area contributed by atoms with Gasteiger partial charge in [-0.05, 0) is 38.0 Å². The first-order valence-electron chi connectivity index (χ1n) is 12.3. The molecule has 3 aromatic rings. The number of hydrogen-bond donors (Lipinski definition) is 1. The van der Waals surface area contributed by atoms with E-state index in [0.29, 0.717) is 42.2 Å². The van der Waals surface area contributed by atoms with E-state index >= 15 is 0 Å². The maximum atomic E-state index is 12.7. The maximum Gasteiger partial charge on any atom is 0.349 e. The van der Waals surface area contributed by atoms with Crippen molar-refractivity contribution >= 4 is 16.9 Å². The minimum Gasteiger partial charge on any atom is -0.349 e. The van der Waals surface area contributed by atoms with Crippen molar-refractivity contribution in [2.24, 2.45) is 7.05 Å². The molecule has 0 amide bonds. The van der Waals surface area contributed by atoms with Gasteiger partial charge in [0.15, 0.2) is 5.82 Å². The summed E-state index contributed by atoms with van der Waals surface area (Å²) in [5.41, 5.74) is 3.60. The minimum atomic E-state index is -0.343. The lowest BCUT2D eigenvalue weighted by Gasteiger charge is -2.49. The number of piperazine rings is 1. The summed E-state index contributed by atoms with van der Waals surface area (Å²) < 4.78 is 1.47. The van der Waals surface area contributed by atoms with Gasteiger partial charge in [-0.1, -0.05) is 36.8 Å². The van der Waals surface area contributed by atoms with E-state index in [1.165, 1.54) is 15.7 Å². The summed E-state index contributed by atoms with van der Waals surface area (Å²) in [6.07, 6.45) is 0.906. The molecule has 9 nitrogen and oxygen atoms in total. The minimum absolute atomic E-state index is 0.0482. The van der Waals surface area contributed by atoms with E-state index in [0.717, 1.165) is 13.0 Å². The van der Waals surface area contributed by atoms with Crippen LogP contribution in [0.4, 0.5) is 5.82 Å². The maximum absolute atomic E-state index is 12.7. The number of fused-ring (bicyclic) bond motifs is 1. The summed E-state index contributed by atoms with van der Waals surface area (Å²) in [4.78, 5) is 26.3. The van der Waals surface area contributed by atoms with Gasteiger partial charge in [-0.15, -0.1) is 0 Å². The molecule has 36 heavy (non-hydrogen) atoms.